The average Bonchev–Trinajstić information content (AvgIpc) is 2.96. The predicted molar refractivity (Wildman–Crippen MR) is 78.8 cm³/mol. The zero-order chi connectivity index (χ0) is 14.9. The molecule has 0 N–H and O–H groups in total. The molecule has 0 saturated carbocycles. The second kappa shape index (κ2) is 5.77. The maximum absolute atomic E-state index is 12.1. The molecule has 2 unspecified atom stereocenters. The first kappa shape index (κ1) is 14.5. The van der Waals surface area contributed by atoms with Crippen LogP contribution in [0.3, 0.4) is 0 Å². The molecule has 0 spiro atoms. The van der Waals surface area contributed by atoms with Crippen LogP contribution >= 0.6 is 11.6 Å². The zero-order valence-corrected chi connectivity index (χ0v) is 12.8. The van der Waals surface area contributed by atoms with Crippen LogP contribution in [0.1, 0.15) is 47.2 Å². The van der Waals surface area contributed by atoms with Crippen molar-refractivity contribution < 1.29 is 12.8 Å². The summed E-state index contributed by atoms with van der Waals surface area (Å²) in [5.74, 6) is 0.572. The summed E-state index contributed by atoms with van der Waals surface area (Å²) in [4.78, 5) is 0. The molecule has 1 aromatic heterocycles. The van der Waals surface area contributed by atoms with Crippen molar-refractivity contribution in [3.05, 3.63) is 47.7 Å². The Morgan fingerprint density at radius 3 is 2.67 bits per heavy atom. The lowest BCUT2D eigenvalue weighted by atomic mass is 10.1. The van der Waals surface area contributed by atoms with E-state index in [0.29, 0.717) is 12.8 Å². The summed E-state index contributed by atoms with van der Waals surface area (Å²) in [6.45, 7) is 0. The van der Waals surface area contributed by atoms with Crippen molar-refractivity contribution in [3.63, 3.8) is 0 Å². The Kier molecular flexibility index (Phi) is 3.99. The van der Waals surface area contributed by atoms with Crippen LogP contribution in [0.2, 0.25) is 0 Å². The van der Waals surface area contributed by atoms with E-state index in [-0.39, 0.29) is 17.5 Å². The van der Waals surface area contributed by atoms with Gasteiger partial charge in [0.05, 0.1) is 5.75 Å². The van der Waals surface area contributed by atoms with Crippen LogP contribution in [0.15, 0.2) is 34.7 Å². The average molecular weight is 327 g/mol. The van der Waals surface area contributed by atoms with E-state index < -0.39 is 20.5 Å². The normalized spacial score (nSPS) is 22.8. The maximum Gasteiger partial charge on any atom is 0.238 e. The molecule has 1 aliphatic rings. The number of alkyl halides is 1. The molecule has 1 saturated heterocycles. The van der Waals surface area contributed by atoms with Crippen molar-refractivity contribution >= 4 is 21.4 Å². The highest BCUT2D eigenvalue weighted by Crippen LogP contribution is 2.35. The molecule has 5 nitrogen and oxygen atoms in total. The third-order valence-electron chi connectivity index (χ3n) is 3.62. The highest BCUT2D eigenvalue weighted by atomic mass is 35.5. The van der Waals surface area contributed by atoms with Gasteiger partial charge in [0.15, 0.2) is 9.84 Å². The van der Waals surface area contributed by atoms with Gasteiger partial charge in [-0.05, 0) is 18.4 Å². The highest BCUT2D eigenvalue weighted by Gasteiger charge is 2.35. The number of halogens is 1. The fourth-order valence-corrected chi connectivity index (χ4v) is 4.53. The first-order chi connectivity index (χ1) is 10.1. The largest absolute Gasteiger partial charge is 0.422 e. The Balaban J connectivity index is 1.87. The van der Waals surface area contributed by atoms with E-state index in [1.54, 1.807) is 0 Å². The molecular weight excluding hydrogens is 312 g/mol. The molecule has 0 bridgehead atoms. The van der Waals surface area contributed by atoms with Gasteiger partial charge in [-0.2, -0.15) is 0 Å². The number of rotatable bonds is 3. The second-order valence-corrected chi connectivity index (χ2v) is 7.84. The smallest absolute Gasteiger partial charge is 0.238 e. The molecule has 0 amide bonds. The molecule has 7 heteroatoms. The minimum Gasteiger partial charge on any atom is -0.422 e. The van der Waals surface area contributed by atoms with E-state index in [9.17, 15) is 8.42 Å². The van der Waals surface area contributed by atoms with E-state index in [1.165, 1.54) is 0 Å². The standard InChI is InChI=1S/C14H15ClN2O3S/c15-12(10-6-2-1-3-7-10)14-17-16-13(20-14)11-8-4-5-9-21(11,18)19/h1-3,6-7,11-12H,4-5,8-9H2. The van der Waals surface area contributed by atoms with Gasteiger partial charge in [0.1, 0.15) is 10.6 Å². The summed E-state index contributed by atoms with van der Waals surface area (Å²) in [5, 5.41) is 6.56. The monoisotopic (exact) mass is 326 g/mol. The SMILES string of the molecule is O=S1(=O)CCCCC1c1nnc(C(Cl)c2ccccc2)o1. The van der Waals surface area contributed by atoms with Gasteiger partial charge in [-0.25, -0.2) is 8.42 Å². The van der Waals surface area contributed by atoms with Gasteiger partial charge < -0.3 is 4.42 Å². The van der Waals surface area contributed by atoms with E-state index >= 15 is 0 Å². The van der Waals surface area contributed by atoms with Crippen LogP contribution in [0, 0.1) is 0 Å². The number of aromatic nitrogens is 2. The van der Waals surface area contributed by atoms with Crippen molar-refractivity contribution in [3.8, 4) is 0 Å². The Hall–Kier alpha value is -1.40. The summed E-state index contributed by atoms with van der Waals surface area (Å²) in [7, 11) is -3.19. The second-order valence-electron chi connectivity index (χ2n) is 5.10. The quantitative estimate of drug-likeness (QED) is 0.810. The van der Waals surface area contributed by atoms with Crippen LogP contribution in [-0.2, 0) is 9.84 Å². The predicted octanol–water partition coefficient (Wildman–Crippen LogP) is 3.04. The summed E-state index contributed by atoms with van der Waals surface area (Å²) in [6, 6.07) is 9.35. The fourth-order valence-electron chi connectivity index (χ4n) is 2.48. The number of nitrogens with zero attached hydrogens (tertiary/aromatic N) is 2. The number of sulfone groups is 1. The van der Waals surface area contributed by atoms with Gasteiger partial charge in [-0.15, -0.1) is 21.8 Å². The molecular formula is C14H15ClN2O3S. The van der Waals surface area contributed by atoms with Crippen LogP contribution in [0.4, 0.5) is 0 Å². The van der Waals surface area contributed by atoms with Crippen molar-refractivity contribution in [2.24, 2.45) is 0 Å². The van der Waals surface area contributed by atoms with Crippen LogP contribution in [0.5, 0.6) is 0 Å². The molecule has 21 heavy (non-hydrogen) atoms. The molecule has 1 aliphatic heterocycles. The summed E-state index contributed by atoms with van der Waals surface area (Å²) in [6.07, 6.45) is 2.08. The maximum atomic E-state index is 12.1. The molecule has 0 radical (unpaired) electrons. The van der Waals surface area contributed by atoms with Gasteiger partial charge in [-0.3, -0.25) is 0 Å². The molecule has 1 fully saturated rings. The van der Waals surface area contributed by atoms with Gasteiger partial charge in [0, 0.05) is 0 Å². The van der Waals surface area contributed by atoms with Crippen molar-refractivity contribution in [1.82, 2.24) is 10.2 Å². The minimum absolute atomic E-state index is 0.159. The molecule has 2 heterocycles. The van der Waals surface area contributed by atoms with Gasteiger partial charge in [0.25, 0.3) is 0 Å². The van der Waals surface area contributed by atoms with Crippen LogP contribution in [0.25, 0.3) is 0 Å². The fraction of sp³-hybridized carbons (Fsp3) is 0.429. The molecule has 3 rings (SSSR count). The minimum atomic E-state index is -3.19. The van der Waals surface area contributed by atoms with Crippen LogP contribution in [-0.4, -0.2) is 24.4 Å². The van der Waals surface area contributed by atoms with E-state index in [1.807, 2.05) is 30.3 Å². The third kappa shape index (κ3) is 2.96. The van der Waals surface area contributed by atoms with Crippen molar-refractivity contribution in [2.45, 2.75) is 29.9 Å². The van der Waals surface area contributed by atoms with E-state index in [0.717, 1.165) is 12.0 Å². The lowest BCUT2D eigenvalue weighted by Gasteiger charge is -2.18. The first-order valence-corrected chi connectivity index (χ1v) is 8.97. The van der Waals surface area contributed by atoms with Gasteiger partial charge >= 0.3 is 0 Å². The van der Waals surface area contributed by atoms with Crippen molar-refractivity contribution in [1.29, 1.82) is 0 Å². The van der Waals surface area contributed by atoms with E-state index in [2.05, 4.69) is 10.2 Å². The van der Waals surface area contributed by atoms with Crippen molar-refractivity contribution in [2.75, 3.05) is 5.75 Å². The Labute approximate surface area is 128 Å². The molecule has 112 valence electrons. The Bertz CT molecular complexity index is 715. The lowest BCUT2D eigenvalue weighted by molar-refractivity contribution is 0.426. The molecule has 0 aliphatic carbocycles. The van der Waals surface area contributed by atoms with Gasteiger partial charge in [0.2, 0.25) is 11.8 Å². The highest BCUT2D eigenvalue weighted by molar-refractivity contribution is 7.91. The molecule has 2 aromatic rings. The summed E-state index contributed by atoms with van der Waals surface area (Å²) in [5.41, 5.74) is 0.834. The number of hydrogen-bond acceptors (Lipinski definition) is 5. The summed E-state index contributed by atoms with van der Waals surface area (Å²) >= 11 is 6.31. The van der Waals surface area contributed by atoms with E-state index in [4.69, 9.17) is 16.0 Å². The first-order valence-electron chi connectivity index (χ1n) is 6.82. The lowest BCUT2D eigenvalue weighted by Crippen LogP contribution is -2.21. The molecule has 1 aromatic carbocycles. The summed E-state index contributed by atoms with van der Waals surface area (Å²) < 4.78 is 29.7. The topological polar surface area (TPSA) is 73.1 Å². The van der Waals surface area contributed by atoms with Gasteiger partial charge in [-0.1, -0.05) is 36.8 Å². The Morgan fingerprint density at radius 2 is 1.95 bits per heavy atom. The van der Waals surface area contributed by atoms with Crippen LogP contribution < -0.4 is 0 Å². The number of hydrogen-bond donors (Lipinski definition) is 0. The Morgan fingerprint density at radius 1 is 1.19 bits per heavy atom. The zero-order valence-electron chi connectivity index (χ0n) is 11.3. The number of benzene rings is 1. The third-order valence-corrected chi connectivity index (χ3v) is 6.22. The molecule has 2 atom stereocenters.